The molecule has 1 aromatic carbocycles. The van der Waals surface area contributed by atoms with Gasteiger partial charge in [-0.25, -0.2) is 8.78 Å². The molecule has 18 heavy (non-hydrogen) atoms. The van der Waals surface area contributed by atoms with E-state index in [1.807, 2.05) is 0 Å². The van der Waals surface area contributed by atoms with Gasteiger partial charge in [0.25, 0.3) is 5.91 Å². The van der Waals surface area contributed by atoms with E-state index in [1.54, 1.807) is 0 Å². The van der Waals surface area contributed by atoms with Gasteiger partial charge in [0, 0.05) is 12.6 Å². The molecule has 0 aliphatic heterocycles. The summed E-state index contributed by atoms with van der Waals surface area (Å²) in [5.74, 6) is -1.92. The maximum absolute atomic E-state index is 13.2. The first-order chi connectivity index (χ1) is 8.63. The average Bonchev–Trinajstić information content (AvgIpc) is 2.33. The molecule has 0 spiro atoms. The number of benzene rings is 1. The van der Waals surface area contributed by atoms with Gasteiger partial charge in [0.1, 0.15) is 5.82 Å². The highest BCUT2D eigenvalue weighted by Crippen LogP contribution is 2.17. The highest BCUT2D eigenvalue weighted by atomic mass is 19.1. The standard InChI is InChI=1S/C13H17F2NO2/c1-2-3-4-7-16-13(17)9-18-12-6-5-10(14)8-11(12)15/h5-6,8H,2-4,7,9H2,1H3,(H,16,17). The lowest BCUT2D eigenvalue weighted by Crippen LogP contribution is -2.29. The molecular weight excluding hydrogens is 240 g/mol. The molecule has 100 valence electrons. The number of unbranched alkanes of at least 4 members (excludes halogenated alkanes) is 2. The van der Waals surface area contributed by atoms with Crippen molar-refractivity contribution in [2.75, 3.05) is 13.2 Å². The second-order valence-corrected chi connectivity index (χ2v) is 3.92. The van der Waals surface area contributed by atoms with E-state index in [-0.39, 0.29) is 18.3 Å². The molecule has 0 heterocycles. The summed E-state index contributed by atoms with van der Waals surface area (Å²) >= 11 is 0. The van der Waals surface area contributed by atoms with Crippen LogP contribution in [0.3, 0.4) is 0 Å². The molecule has 0 aromatic heterocycles. The van der Waals surface area contributed by atoms with Crippen molar-refractivity contribution in [3.63, 3.8) is 0 Å². The maximum atomic E-state index is 13.2. The van der Waals surface area contributed by atoms with Crippen molar-refractivity contribution < 1.29 is 18.3 Å². The van der Waals surface area contributed by atoms with E-state index < -0.39 is 11.6 Å². The van der Waals surface area contributed by atoms with Gasteiger partial charge in [0.05, 0.1) is 0 Å². The number of hydrogen-bond acceptors (Lipinski definition) is 2. The first kappa shape index (κ1) is 14.4. The topological polar surface area (TPSA) is 38.3 Å². The monoisotopic (exact) mass is 257 g/mol. The summed E-state index contributed by atoms with van der Waals surface area (Å²) in [4.78, 5) is 11.3. The third-order valence-electron chi connectivity index (χ3n) is 2.36. The Morgan fingerprint density at radius 1 is 1.33 bits per heavy atom. The lowest BCUT2D eigenvalue weighted by Gasteiger charge is -2.07. The van der Waals surface area contributed by atoms with Gasteiger partial charge in [0.2, 0.25) is 0 Å². The van der Waals surface area contributed by atoms with E-state index in [4.69, 9.17) is 4.74 Å². The third-order valence-corrected chi connectivity index (χ3v) is 2.36. The normalized spacial score (nSPS) is 10.2. The summed E-state index contributed by atoms with van der Waals surface area (Å²) in [5.41, 5.74) is 0. The van der Waals surface area contributed by atoms with E-state index in [1.165, 1.54) is 0 Å². The number of rotatable bonds is 7. The molecular formula is C13H17F2NO2. The van der Waals surface area contributed by atoms with Gasteiger partial charge in [-0.2, -0.15) is 0 Å². The van der Waals surface area contributed by atoms with Crippen LogP contribution in [0.15, 0.2) is 18.2 Å². The Hall–Kier alpha value is -1.65. The van der Waals surface area contributed by atoms with Gasteiger partial charge in [-0.1, -0.05) is 19.8 Å². The van der Waals surface area contributed by atoms with E-state index >= 15 is 0 Å². The molecule has 1 amide bonds. The number of nitrogens with one attached hydrogen (secondary N) is 1. The summed E-state index contributed by atoms with van der Waals surface area (Å²) in [7, 11) is 0. The van der Waals surface area contributed by atoms with E-state index in [2.05, 4.69) is 12.2 Å². The van der Waals surface area contributed by atoms with Crippen molar-refractivity contribution in [1.82, 2.24) is 5.32 Å². The Labute approximate surface area is 105 Å². The minimum Gasteiger partial charge on any atom is -0.481 e. The number of carbonyl (C=O) groups excluding carboxylic acids is 1. The summed E-state index contributed by atoms with van der Waals surface area (Å²) in [6.45, 7) is 2.39. The van der Waals surface area contributed by atoms with Crippen LogP contribution in [0, 0.1) is 11.6 Å². The average molecular weight is 257 g/mol. The van der Waals surface area contributed by atoms with Crippen LogP contribution in [0.5, 0.6) is 5.75 Å². The molecule has 1 rings (SSSR count). The third kappa shape index (κ3) is 5.12. The Balaban J connectivity index is 2.29. The zero-order valence-corrected chi connectivity index (χ0v) is 10.3. The van der Waals surface area contributed by atoms with Crippen LogP contribution in [0.1, 0.15) is 26.2 Å². The molecule has 1 aromatic rings. The number of carbonyl (C=O) groups is 1. The zero-order valence-electron chi connectivity index (χ0n) is 10.3. The van der Waals surface area contributed by atoms with E-state index in [0.29, 0.717) is 12.6 Å². The number of hydrogen-bond donors (Lipinski definition) is 1. The molecule has 0 unspecified atom stereocenters. The minimum absolute atomic E-state index is 0.125. The van der Waals surface area contributed by atoms with Gasteiger partial charge < -0.3 is 10.1 Å². The molecule has 0 saturated heterocycles. The van der Waals surface area contributed by atoms with Crippen LogP contribution in [0.4, 0.5) is 8.78 Å². The van der Waals surface area contributed by atoms with Crippen molar-refractivity contribution >= 4 is 5.91 Å². The molecule has 5 heteroatoms. The molecule has 0 radical (unpaired) electrons. The van der Waals surface area contributed by atoms with Gasteiger partial charge in [-0.05, 0) is 18.6 Å². The first-order valence-corrected chi connectivity index (χ1v) is 5.98. The fourth-order valence-corrected chi connectivity index (χ4v) is 1.39. The summed E-state index contributed by atoms with van der Waals surface area (Å²) in [6.07, 6.45) is 3.04. The van der Waals surface area contributed by atoms with Crippen LogP contribution in [0.25, 0.3) is 0 Å². The molecule has 0 saturated carbocycles. The fourth-order valence-electron chi connectivity index (χ4n) is 1.39. The molecule has 3 nitrogen and oxygen atoms in total. The van der Waals surface area contributed by atoms with Gasteiger partial charge in [-0.15, -0.1) is 0 Å². The quantitative estimate of drug-likeness (QED) is 0.763. The number of amides is 1. The van der Waals surface area contributed by atoms with Crippen LogP contribution >= 0.6 is 0 Å². The first-order valence-electron chi connectivity index (χ1n) is 5.98. The SMILES string of the molecule is CCCCCNC(=O)COc1ccc(F)cc1F. The Morgan fingerprint density at radius 2 is 2.11 bits per heavy atom. The molecule has 0 aliphatic carbocycles. The van der Waals surface area contributed by atoms with Crippen LogP contribution in [-0.2, 0) is 4.79 Å². The lowest BCUT2D eigenvalue weighted by molar-refractivity contribution is -0.123. The molecule has 0 bridgehead atoms. The molecule has 0 aliphatic rings. The minimum atomic E-state index is -0.811. The smallest absolute Gasteiger partial charge is 0.257 e. The van der Waals surface area contributed by atoms with Crippen LogP contribution in [0.2, 0.25) is 0 Å². The summed E-state index contributed by atoms with van der Waals surface area (Å²) in [5, 5.41) is 2.66. The van der Waals surface area contributed by atoms with Crippen LogP contribution in [-0.4, -0.2) is 19.1 Å². The predicted molar refractivity (Wildman–Crippen MR) is 64.4 cm³/mol. The van der Waals surface area contributed by atoms with Crippen molar-refractivity contribution in [2.45, 2.75) is 26.2 Å². The van der Waals surface area contributed by atoms with E-state index in [0.717, 1.165) is 31.4 Å². The number of halogens is 2. The second kappa shape index (κ2) is 7.63. The predicted octanol–water partition coefficient (Wildman–Crippen LogP) is 2.65. The van der Waals surface area contributed by atoms with E-state index in [9.17, 15) is 13.6 Å². The Kier molecular flexibility index (Phi) is 6.11. The van der Waals surface area contributed by atoms with Crippen molar-refractivity contribution in [2.24, 2.45) is 0 Å². The van der Waals surface area contributed by atoms with Crippen LogP contribution < -0.4 is 10.1 Å². The maximum Gasteiger partial charge on any atom is 0.257 e. The summed E-state index contributed by atoms with van der Waals surface area (Å²) in [6, 6.07) is 2.96. The summed E-state index contributed by atoms with van der Waals surface area (Å²) < 4.78 is 30.7. The molecule has 0 fully saturated rings. The zero-order chi connectivity index (χ0) is 13.4. The second-order valence-electron chi connectivity index (χ2n) is 3.92. The van der Waals surface area contributed by atoms with Gasteiger partial charge in [0.15, 0.2) is 18.2 Å². The lowest BCUT2D eigenvalue weighted by atomic mass is 10.2. The van der Waals surface area contributed by atoms with Gasteiger partial charge in [-0.3, -0.25) is 4.79 Å². The van der Waals surface area contributed by atoms with Crippen molar-refractivity contribution in [3.8, 4) is 5.75 Å². The molecule has 0 atom stereocenters. The Morgan fingerprint density at radius 3 is 2.78 bits per heavy atom. The largest absolute Gasteiger partial charge is 0.481 e. The van der Waals surface area contributed by atoms with Crippen molar-refractivity contribution in [1.29, 1.82) is 0 Å². The van der Waals surface area contributed by atoms with Gasteiger partial charge >= 0.3 is 0 Å². The highest BCUT2D eigenvalue weighted by Gasteiger charge is 2.07. The fraction of sp³-hybridized carbons (Fsp3) is 0.462. The Bertz CT molecular complexity index is 397. The highest BCUT2D eigenvalue weighted by molar-refractivity contribution is 5.77. The molecule has 1 N–H and O–H groups in total. The van der Waals surface area contributed by atoms with Crippen molar-refractivity contribution in [3.05, 3.63) is 29.8 Å². The number of ether oxygens (including phenoxy) is 1.